The molecular formula is C15H14ClNO2. The minimum absolute atomic E-state index is 0.0467. The predicted octanol–water partition coefficient (Wildman–Crippen LogP) is 3.49. The molecule has 98 valence electrons. The van der Waals surface area contributed by atoms with E-state index in [0.29, 0.717) is 22.0 Å². The van der Waals surface area contributed by atoms with Gasteiger partial charge in [0.15, 0.2) is 12.4 Å². The van der Waals surface area contributed by atoms with Gasteiger partial charge in [0.2, 0.25) is 0 Å². The lowest BCUT2D eigenvalue weighted by atomic mass is 10.1. The highest BCUT2D eigenvalue weighted by Crippen LogP contribution is 2.22. The number of ether oxygens (including phenoxy) is 1. The van der Waals surface area contributed by atoms with Gasteiger partial charge in [-0.25, -0.2) is 0 Å². The van der Waals surface area contributed by atoms with E-state index < -0.39 is 0 Å². The molecule has 0 aliphatic rings. The second kappa shape index (κ2) is 5.76. The van der Waals surface area contributed by atoms with E-state index >= 15 is 0 Å². The van der Waals surface area contributed by atoms with Crippen molar-refractivity contribution < 1.29 is 9.53 Å². The third kappa shape index (κ3) is 3.48. The number of anilines is 1. The summed E-state index contributed by atoms with van der Waals surface area (Å²) >= 11 is 5.77. The van der Waals surface area contributed by atoms with Crippen LogP contribution in [0.25, 0.3) is 0 Å². The van der Waals surface area contributed by atoms with Gasteiger partial charge in [0, 0.05) is 10.6 Å². The molecule has 0 heterocycles. The fraction of sp³-hybridized carbons (Fsp3) is 0.133. The van der Waals surface area contributed by atoms with Crippen molar-refractivity contribution in [2.24, 2.45) is 0 Å². The lowest BCUT2D eigenvalue weighted by molar-refractivity contribution is 0.0922. The number of benzene rings is 2. The van der Waals surface area contributed by atoms with Gasteiger partial charge in [0.05, 0.1) is 5.69 Å². The van der Waals surface area contributed by atoms with Gasteiger partial charge < -0.3 is 10.5 Å². The first-order chi connectivity index (χ1) is 9.06. The smallest absolute Gasteiger partial charge is 0.200 e. The van der Waals surface area contributed by atoms with E-state index in [4.69, 9.17) is 22.1 Å². The second-order valence-electron chi connectivity index (χ2n) is 4.26. The Bertz CT molecular complexity index is 594. The minimum Gasteiger partial charge on any atom is -0.483 e. The summed E-state index contributed by atoms with van der Waals surface area (Å²) in [5.74, 6) is 0.407. The third-order valence-electron chi connectivity index (χ3n) is 2.69. The van der Waals surface area contributed by atoms with Crippen LogP contribution >= 0.6 is 11.6 Å². The summed E-state index contributed by atoms with van der Waals surface area (Å²) in [5, 5.41) is 0.597. The Morgan fingerprint density at radius 3 is 2.53 bits per heavy atom. The normalized spacial score (nSPS) is 10.2. The number of ketones is 1. The number of carbonyl (C=O) groups is 1. The van der Waals surface area contributed by atoms with Crippen LogP contribution in [-0.4, -0.2) is 12.4 Å². The predicted molar refractivity (Wildman–Crippen MR) is 76.9 cm³/mol. The highest BCUT2D eigenvalue weighted by molar-refractivity contribution is 6.30. The molecule has 2 aromatic rings. The van der Waals surface area contributed by atoms with Crippen molar-refractivity contribution in [3.63, 3.8) is 0 Å². The number of halogens is 1. The van der Waals surface area contributed by atoms with E-state index in [1.807, 2.05) is 19.1 Å². The number of nitrogens with two attached hydrogens (primary N) is 1. The monoisotopic (exact) mass is 275 g/mol. The quantitative estimate of drug-likeness (QED) is 0.686. The van der Waals surface area contributed by atoms with Gasteiger partial charge in [-0.15, -0.1) is 0 Å². The van der Waals surface area contributed by atoms with Crippen molar-refractivity contribution in [3.05, 3.63) is 58.6 Å². The van der Waals surface area contributed by atoms with Crippen LogP contribution in [0.3, 0.4) is 0 Å². The molecule has 2 rings (SSSR count). The Balaban J connectivity index is 2.02. The van der Waals surface area contributed by atoms with Crippen LogP contribution in [0, 0.1) is 6.92 Å². The second-order valence-corrected chi connectivity index (χ2v) is 4.70. The van der Waals surface area contributed by atoms with Crippen LogP contribution < -0.4 is 10.5 Å². The van der Waals surface area contributed by atoms with E-state index in [2.05, 4.69) is 0 Å². The molecule has 3 nitrogen and oxygen atoms in total. The van der Waals surface area contributed by atoms with Crippen LogP contribution in [-0.2, 0) is 0 Å². The number of hydrogen-bond acceptors (Lipinski definition) is 3. The van der Waals surface area contributed by atoms with Crippen LogP contribution in [0.5, 0.6) is 5.75 Å². The number of aryl methyl sites for hydroxylation is 1. The first-order valence-corrected chi connectivity index (χ1v) is 6.22. The Morgan fingerprint density at radius 1 is 1.21 bits per heavy atom. The fourth-order valence-electron chi connectivity index (χ4n) is 1.66. The third-order valence-corrected chi connectivity index (χ3v) is 2.94. The molecule has 0 bridgehead atoms. The zero-order valence-corrected chi connectivity index (χ0v) is 11.3. The number of hydrogen-bond donors (Lipinski definition) is 1. The average molecular weight is 276 g/mol. The Morgan fingerprint density at radius 2 is 1.89 bits per heavy atom. The molecule has 0 aliphatic carbocycles. The van der Waals surface area contributed by atoms with E-state index in [0.717, 1.165) is 5.56 Å². The molecule has 0 atom stereocenters. The van der Waals surface area contributed by atoms with Crippen molar-refractivity contribution in [3.8, 4) is 5.75 Å². The number of nitrogen functional groups attached to an aromatic ring is 1. The van der Waals surface area contributed by atoms with E-state index in [-0.39, 0.29) is 12.4 Å². The zero-order valence-electron chi connectivity index (χ0n) is 10.5. The molecule has 0 radical (unpaired) electrons. The molecule has 0 aromatic heterocycles. The molecule has 2 N–H and O–H groups in total. The summed E-state index contributed by atoms with van der Waals surface area (Å²) in [6.45, 7) is 1.90. The zero-order chi connectivity index (χ0) is 13.8. The SMILES string of the molecule is Cc1ccc(OCC(=O)c2ccc(Cl)cc2)c(N)c1. The van der Waals surface area contributed by atoms with E-state index in [1.54, 1.807) is 30.3 Å². The molecule has 4 heteroatoms. The van der Waals surface area contributed by atoms with Crippen LogP contribution in [0.15, 0.2) is 42.5 Å². The van der Waals surface area contributed by atoms with Crippen molar-refractivity contribution >= 4 is 23.1 Å². The van der Waals surface area contributed by atoms with E-state index in [9.17, 15) is 4.79 Å². The van der Waals surface area contributed by atoms with Crippen molar-refractivity contribution in [2.45, 2.75) is 6.92 Å². The molecule has 0 fully saturated rings. The van der Waals surface area contributed by atoms with Gasteiger partial charge in [-0.05, 0) is 48.9 Å². The summed E-state index contributed by atoms with van der Waals surface area (Å²) in [5.41, 5.74) is 7.96. The Hall–Kier alpha value is -2.00. The molecule has 0 aliphatic heterocycles. The lowest BCUT2D eigenvalue weighted by Crippen LogP contribution is -2.12. The molecule has 2 aromatic carbocycles. The molecule has 0 saturated carbocycles. The molecule has 0 spiro atoms. The fourth-order valence-corrected chi connectivity index (χ4v) is 1.79. The summed E-state index contributed by atoms with van der Waals surface area (Å²) in [4.78, 5) is 11.9. The highest BCUT2D eigenvalue weighted by Gasteiger charge is 2.08. The van der Waals surface area contributed by atoms with Gasteiger partial charge >= 0.3 is 0 Å². The van der Waals surface area contributed by atoms with Gasteiger partial charge in [0.25, 0.3) is 0 Å². The summed E-state index contributed by atoms with van der Waals surface area (Å²) in [6.07, 6.45) is 0. The first kappa shape index (κ1) is 13.4. The number of Topliss-reactive ketones (excluding diaryl/α,β-unsaturated/α-hetero) is 1. The number of carbonyl (C=O) groups excluding carboxylic acids is 1. The summed E-state index contributed by atoms with van der Waals surface area (Å²) in [7, 11) is 0. The molecule has 19 heavy (non-hydrogen) atoms. The Kier molecular flexibility index (Phi) is 4.07. The highest BCUT2D eigenvalue weighted by atomic mass is 35.5. The maximum atomic E-state index is 11.9. The lowest BCUT2D eigenvalue weighted by Gasteiger charge is -2.08. The van der Waals surface area contributed by atoms with Crippen molar-refractivity contribution in [1.82, 2.24) is 0 Å². The van der Waals surface area contributed by atoms with Gasteiger partial charge in [-0.1, -0.05) is 17.7 Å². The molecule has 0 unspecified atom stereocenters. The molecule has 0 amide bonds. The summed E-state index contributed by atoms with van der Waals surface area (Å²) < 4.78 is 5.43. The maximum Gasteiger partial charge on any atom is 0.200 e. The van der Waals surface area contributed by atoms with Gasteiger partial charge in [0.1, 0.15) is 5.75 Å². The van der Waals surface area contributed by atoms with Crippen molar-refractivity contribution in [2.75, 3.05) is 12.3 Å². The first-order valence-electron chi connectivity index (χ1n) is 5.84. The van der Waals surface area contributed by atoms with Crippen LogP contribution in [0.4, 0.5) is 5.69 Å². The largest absolute Gasteiger partial charge is 0.483 e. The standard InChI is InChI=1S/C15H14ClNO2/c1-10-2-7-15(13(17)8-10)19-9-14(18)11-3-5-12(16)6-4-11/h2-8H,9,17H2,1H3. The number of rotatable bonds is 4. The molecule has 0 saturated heterocycles. The maximum absolute atomic E-state index is 11.9. The van der Waals surface area contributed by atoms with Gasteiger partial charge in [-0.2, -0.15) is 0 Å². The van der Waals surface area contributed by atoms with Crippen LogP contribution in [0.2, 0.25) is 5.02 Å². The Labute approximate surface area is 117 Å². The summed E-state index contributed by atoms with van der Waals surface area (Å²) in [6, 6.07) is 12.2. The average Bonchev–Trinajstić information content (AvgIpc) is 2.38. The van der Waals surface area contributed by atoms with Crippen molar-refractivity contribution in [1.29, 1.82) is 0 Å². The van der Waals surface area contributed by atoms with Gasteiger partial charge in [-0.3, -0.25) is 4.79 Å². The minimum atomic E-state index is -0.114. The van der Waals surface area contributed by atoms with Crippen LogP contribution in [0.1, 0.15) is 15.9 Å². The molecular weight excluding hydrogens is 262 g/mol. The topological polar surface area (TPSA) is 52.3 Å². The van der Waals surface area contributed by atoms with E-state index in [1.165, 1.54) is 0 Å².